The topological polar surface area (TPSA) is 94.8 Å². The molecule has 3 aromatic rings. The summed E-state index contributed by atoms with van der Waals surface area (Å²) in [6.45, 7) is 1.46. The molecule has 0 radical (unpaired) electrons. The van der Waals surface area contributed by atoms with Crippen molar-refractivity contribution in [1.29, 1.82) is 0 Å². The second-order valence-corrected chi connectivity index (χ2v) is 6.74. The SMILES string of the molecule is Cc1cc(=O)oc2cc(OCC(=O)OCC(=O)NCc3cccs3)ccc12. The van der Waals surface area contributed by atoms with E-state index in [0.717, 1.165) is 15.8 Å². The van der Waals surface area contributed by atoms with Crippen molar-refractivity contribution in [2.45, 2.75) is 13.5 Å². The van der Waals surface area contributed by atoms with E-state index < -0.39 is 11.6 Å². The molecule has 2 aromatic heterocycles. The van der Waals surface area contributed by atoms with E-state index in [1.807, 2.05) is 17.5 Å². The molecule has 8 heteroatoms. The molecule has 1 aromatic carbocycles. The van der Waals surface area contributed by atoms with E-state index in [1.54, 1.807) is 19.1 Å². The second-order valence-electron chi connectivity index (χ2n) is 5.71. The molecule has 0 aliphatic carbocycles. The number of hydrogen-bond donors (Lipinski definition) is 1. The van der Waals surface area contributed by atoms with Gasteiger partial charge in [0.1, 0.15) is 11.3 Å². The number of aryl methyl sites for hydroxylation is 1. The number of amides is 1. The Bertz CT molecular complexity index is 1010. The Balaban J connectivity index is 1.46. The highest BCUT2D eigenvalue weighted by molar-refractivity contribution is 7.09. The van der Waals surface area contributed by atoms with Gasteiger partial charge in [-0.1, -0.05) is 6.07 Å². The lowest BCUT2D eigenvalue weighted by Gasteiger charge is -2.08. The van der Waals surface area contributed by atoms with E-state index in [9.17, 15) is 14.4 Å². The van der Waals surface area contributed by atoms with Gasteiger partial charge in [-0.3, -0.25) is 4.79 Å². The molecule has 2 heterocycles. The van der Waals surface area contributed by atoms with Gasteiger partial charge >= 0.3 is 11.6 Å². The van der Waals surface area contributed by atoms with E-state index in [1.165, 1.54) is 23.5 Å². The lowest BCUT2D eigenvalue weighted by molar-refractivity contribution is -0.150. The maximum Gasteiger partial charge on any atom is 0.344 e. The number of ether oxygens (including phenoxy) is 2. The largest absolute Gasteiger partial charge is 0.482 e. The predicted molar refractivity (Wildman–Crippen MR) is 99.8 cm³/mol. The summed E-state index contributed by atoms with van der Waals surface area (Å²) in [6, 6.07) is 10.1. The van der Waals surface area contributed by atoms with Crippen molar-refractivity contribution in [3.63, 3.8) is 0 Å². The van der Waals surface area contributed by atoms with E-state index in [-0.39, 0.29) is 19.1 Å². The first kappa shape index (κ1) is 18.7. The third-order valence-corrected chi connectivity index (χ3v) is 4.56. The van der Waals surface area contributed by atoms with Gasteiger partial charge in [0, 0.05) is 22.4 Å². The zero-order valence-corrected chi connectivity index (χ0v) is 15.3. The van der Waals surface area contributed by atoms with Gasteiger partial charge in [-0.05, 0) is 36.1 Å². The van der Waals surface area contributed by atoms with Crippen molar-refractivity contribution in [1.82, 2.24) is 5.32 Å². The van der Waals surface area contributed by atoms with Crippen LogP contribution in [0.25, 0.3) is 11.0 Å². The van der Waals surface area contributed by atoms with E-state index in [4.69, 9.17) is 13.9 Å². The number of hydrogen-bond acceptors (Lipinski definition) is 7. The first-order valence-corrected chi connectivity index (χ1v) is 9.01. The van der Waals surface area contributed by atoms with Crippen LogP contribution in [0.3, 0.4) is 0 Å². The van der Waals surface area contributed by atoms with Crippen LogP contribution >= 0.6 is 11.3 Å². The molecule has 0 fully saturated rings. The summed E-state index contributed by atoms with van der Waals surface area (Å²) in [6.07, 6.45) is 0. The smallest absolute Gasteiger partial charge is 0.344 e. The lowest BCUT2D eigenvalue weighted by atomic mass is 10.1. The summed E-state index contributed by atoms with van der Waals surface area (Å²) >= 11 is 1.53. The fourth-order valence-corrected chi connectivity index (χ4v) is 3.02. The minimum atomic E-state index is -0.674. The zero-order valence-electron chi connectivity index (χ0n) is 14.5. The molecule has 0 spiro atoms. The number of esters is 1. The highest BCUT2D eigenvalue weighted by Crippen LogP contribution is 2.22. The summed E-state index contributed by atoms with van der Waals surface area (Å²) in [5.41, 5.74) is 0.713. The lowest BCUT2D eigenvalue weighted by Crippen LogP contribution is -2.29. The van der Waals surface area contributed by atoms with Crippen molar-refractivity contribution in [3.8, 4) is 5.75 Å². The first-order chi connectivity index (χ1) is 13.0. The van der Waals surface area contributed by atoms with Crippen molar-refractivity contribution in [2.24, 2.45) is 0 Å². The van der Waals surface area contributed by atoms with Crippen LogP contribution < -0.4 is 15.7 Å². The molecule has 27 heavy (non-hydrogen) atoms. The predicted octanol–water partition coefficient (Wildman–Crippen LogP) is 2.40. The normalized spacial score (nSPS) is 10.6. The molecule has 0 saturated carbocycles. The molecule has 7 nitrogen and oxygen atoms in total. The van der Waals surface area contributed by atoms with Gasteiger partial charge in [-0.25, -0.2) is 9.59 Å². The van der Waals surface area contributed by atoms with Crippen molar-refractivity contribution in [2.75, 3.05) is 13.2 Å². The maximum absolute atomic E-state index is 11.7. The molecular formula is C19H17NO6S. The Hall–Kier alpha value is -3.13. The first-order valence-electron chi connectivity index (χ1n) is 8.13. The second kappa shape index (κ2) is 8.50. The van der Waals surface area contributed by atoms with Gasteiger partial charge in [0.25, 0.3) is 5.91 Å². The van der Waals surface area contributed by atoms with Gasteiger partial charge in [0.05, 0.1) is 6.54 Å². The number of thiophene rings is 1. The number of carbonyl (C=O) groups is 2. The summed E-state index contributed by atoms with van der Waals surface area (Å²) in [5, 5.41) is 5.36. The molecule has 1 N–H and O–H groups in total. The summed E-state index contributed by atoms with van der Waals surface area (Å²) < 4.78 is 15.3. The monoisotopic (exact) mass is 387 g/mol. The van der Waals surface area contributed by atoms with Gasteiger partial charge in [0.15, 0.2) is 13.2 Å². The standard InChI is InChI=1S/C19H17NO6S/c1-12-7-18(22)26-16-8-13(4-5-15(12)16)24-11-19(23)25-10-17(21)20-9-14-3-2-6-27-14/h2-8H,9-11H2,1H3,(H,20,21). The van der Waals surface area contributed by atoms with Crippen LogP contribution in [-0.2, 0) is 20.9 Å². The van der Waals surface area contributed by atoms with E-state index in [2.05, 4.69) is 5.32 Å². The Morgan fingerprint density at radius 2 is 2.04 bits per heavy atom. The van der Waals surface area contributed by atoms with Crippen molar-refractivity contribution < 1.29 is 23.5 Å². The minimum Gasteiger partial charge on any atom is -0.482 e. The minimum absolute atomic E-state index is 0.357. The van der Waals surface area contributed by atoms with Crippen LogP contribution in [-0.4, -0.2) is 25.1 Å². The van der Waals surface area contributed by atoms with Crippen molar-refractivity contribution in [3.05, 3.63) is 62.6 Å². The zero-order chi connectivity index (χ0) is 19.2. The van der Waals surface area contributed by atoms with Gasteiger partial charge in [-0.2, -0.15) is 0 Å². The molecule has 140 valence electrons. The van der Waals surface area contributed by atoms with Crippen LogP contribution in [0.1, 0.15) is 10.4 Å². The molecule has 3 rings (SSSR count). The van der Waals surface area contributed by atoms with Crippen molar-refractivity contribution >= 4 is 34.2 Å². The van der Waals surface area contributed by atoms with E-state index in [0.29, 0.717) is 17.9 Å². The molecule has 0 bridgehead atoms. The highest BCUT2D eigenvalue weighted by atomic mass is 32.1. The average molecular weight is 387 g/mol. The van der Waals surface area contributed by atoms with E-state index >= 15 is 0 Å². The summed E-state index contributed by atoms with van der Waals surface area (Å²) in [4.78, 5) is 35.8. The van der Waals surface area contributed by atoms with Crippen LogP contribution in [0.4, 0.5) is 0 Å². The van der Waals surface area contributed by atoms with Crippen LogP contribution in [0.15, 0.2) is 51.0 Å². The van der Waals surface area contributed by atoms with Gasteiger partial charge in [0.2, 0.25) is 0 Å². The number of fused-ring (bicyclic) bond motifs is 1. The van der Waals surface area contributed by atoms with Gasteiger partial charge in [-0.15, -0.1) is 11.3 Å². The molecule has 0 aliphatic heterocycles. The summed E-state index contributed by atoms with van der Waals surface area (Å²) in [5.74, 6) is -0.706. The molecule has 0 unspecified atom stereocenters. The van der Waals surface area contributed by atoms with Crippen LogP contribution in [0.5, 0.6) is 5.75 Å². The summed E-state index contributed by atoms with van der Waals surface area (Å²) in [7, 11) is 0. The average Bonchev–Trinajstić information content (AvgIpc) is 3.16. The maximum atomic E-state index is 11.7. The third-order valence-electron chi connectivity index (χ3n) is 3.68. The molecule has 0 atom stereocenters. The van der Waals surface area contributed by atoms with Gasteiger partial charge < -0.3 is 19.2 Å². The Labute approximate surface area is 158 Å². The molecular weight excluding hydrogens is 370 g/mol. The van der Waals surface area contributed by atoms with Crippen LogP contribution in [0.2, 0.25) is 0 Å². The quantitative estimate of drug-likeness (QED) is 0.494. The van der Waals surface area contributed by atoms with Crippen LogP contribution in [0, 0.1) is 6.92 Å². The Morgan fingerprint density at radius 3 is 2.81 bits per heavy atom. The molecule has 1 amide bonds. The number of nitrogens with one attached hydrogen (secondary N) is 1. The third kappa shape index (κ3) is 5.18. The molecule has 0 saturated heterocycles. The Kier molecular flexibility index (Phi) is 5.87. The number of carbonyl (C=O) groups excluding carboxylic acids is 2. The fourth-order valence-electron chi connectivity index (χ4n) is 2.37. The highest BCUT2D eigenvalue weighted by Gasteiger charge is 2.10. The Morgan fingerprint density at radius 1 is 1.19 bits per heavy atom. The fraction of sp³-hybridized carbons (Fsp3) is 0.211. The molecule has 0 aliphatic rings. The number of benzene rings is 1. The number of rotatable bonds is 7.